The molecule has 0 atom stereocenters. The number of methoxy groups -OCH3 is 1. The van der Waals surface area contributed by atoms with E-state index < -0.39 is 10.0 Å². The largest absolute Gasteiger partial charge is 0.493 e. The van der Waals surface area contributed by atoms with Crippen LogP contribution < -0.4 is 18.9 Å². The summed E-state index contributed by atoms with van der Waals surface area (Å²) in [5, 5.41) is 0. The van der Waals surface area contributed by atoms with E-state index in [1.165, 1.54) is 19.5 Å². The molecule has 0 bridgehead atoms. The minimum absolute atomic E-state index is 0.0285. The summed E-state index contributed by atoms with van der Waals surface area (Å²) >= 11 is 0. The summed E-state index contributed by atoms with van der Waals surface area (Å²) < 4.78 is 53.0. The van der Waals surface area contributed by atoms with E-state index >= 15 is 0 Å². The van der Waals surface area contributed by atoms with Crippen molar-refractivity contribution < 1.29 is 27.4 Å². The molecule has 0 fully saturated rings. The maximum atomic E-state index is 13.6. The van der Waals surface area contributed by atoms with Gasteiger partial charge in [0, 0.05) is 19.0 Å². The van der Waals surface area contributed by atoms with Crippen LogP contribution in [0.15, 0.2) is 71.9 Å². The molecule has 0 unspecified atom stereocenters. The van der Waals surface area contributed by atoms with Crippen LogP contribution in [0.4, 0.5) is 5.82 Å². The molecule has 2 heterocycles. The Kier molecular flexibility index (Phi) is 9.92. The van der Waals surface area contributed by atoms with Crippen molar-refractivity contribution in [3.63, 3.8) is 0 Å². The summed E-state index contributed by atoms with van der Waals surface area (Å²) in [6.07, 6.45) is 3.92. The van der Waals surface area contributed by atoms with Gasteiger partial charge in [-0.05, 0) is 47.7 Å². The van der Waals surface area contributed by atoms with Crippen molar-refractivity contribution in [1.29, 1.82) is 0 Å². The van der Waals surface area contributed by atoms with Crippen LogP contribution in [0.5, 0.6) is 23.1 Å². The van der Waals surface area contributed by atoms with Gasteiger partial charge in [0.25, 0.3) is 15.9 Å². The van der Waals surface area contributed by atoms with E-state index in [1.54, 1.807) is 54.6 Å². The number of aromatic nitrogens is 4. The highest BCUT2D eigenvalue weighted by Gasteiger charge is 2.26. The highest BCUT2D eigenvalue weighted by molar-refractivity contribution is 7.92. The van der Waals surface area contributed by atoms with Gasteiger partial charge >= 0.3 is 0 Å². The van der Waals surface area contributed by atoms with Crippen LogP contribution in [0.2, 0.25) is 0 Å². The fourth-order valence-corrected chi connectivity index (χ4v) is 4.79. The van der Waals surface area contributed by atoms with Gasteiger partial charge in [0.15, 0.2) is 23.1 Å². The van der Waals surface area contributed by atoms with Gasteiger partial charge in [-0.1, -0.05) is 52.0 Å². The lowest BCUT2D eigenvalue weighted by Crippen LogP contribution is -2.17. The molecule has 4 rings (SSSR count). The van der Waals surface area contributed by atoms with Gasteiger partial charge in [-0.15, -0.1) is 0 Å². The molecule has 222 valence electrons. The normalized spacial score (nSPS) is 11.6. The van der Waals surface area contributed by atoms with Gasteiger partial charge in [0.2, 0.25) is 11.6 Å². The molecule has 2 aromatic carbocycles. The summed E-state index contributed by atoms with van der Waals surface area (Å²) in [4.78, 5) is 17.5. The third kappa shape index (κ3) is 7.71. The highest BCUT2D eigenvalue weighted by atomic mass is 32.2. The molecule has 0 aliphatic carbocycles. The predicted molar refractivity (Wildman–Crippen MR) is 159 cm³/mol. The van der Waals surface area contributed by atoms with Crippen LogP contribution in [0.1, 0.15) is 39.7 Å². The van der Waals surface area contributed by atoms with Crippen LogP contribution in [0.3, 0.4) is 0 Å². The zero-order valence-corrected chi connectivity index (χ0v) is 25.1. The lowest BCUT2D eigenvalue weighted by atomic mass is 9.87. The van der Waals surface area contributed by atoms with Crippen LogP contribution in [0.25, 0.3) is 11.6 Å². The maximum Gasteiger partial charge on any atom is 0.263 e. The van der Waals surface area contributed by atoms with E-state index in [0.717, 1.165) is 12.0 Å². The van der Waals surface area contributed by atoms with E-state index in [4.69, 9.17) is 18.9 Å². The Morgan fingerprint density at radius 1 is 0.833 bits per heavy atom. The minimum Gasteiger partial charge on any atom is -0.493 e. The van der Waals surface area contributed by atoms with Gasteiger partial charge in [-0.25, -0.2) is 23.4 Å². The number of hydrogen-bond donors (Lipinski definition) is 1. The molecule has 0 saturated carbocycles. The molecule has 42 heavy (non-hydrogen) atoms. The van der Waals surface area contributed by atoms with E-state index in [0.29, 0.717) is 18.1 Å². The topological polar surface area (TPSA) is 135 Å². The summed E-state index contributed by atoms with van der Waals surface area (Å²) in [6, 6.07) is 15.2. The number of sulfonamides is 1. The highest BCUT2D eigenvalue weighted by Crippen LogP contribution is 2.41. The zero-order valence-electron chi connectivity index (χ0n) is 24.3. The molecule has 12 heteroatoms. The molecule has 0 spiro atoms. The van der Waals surface area contributed by atoms with Crippen molar-refractivity contribution >= 4 is 15.8 Å². The van der Waals surface area contributed by atoms with Crippen molar-refractivity contribution in [2.75, 3.05) is 31.7 Å². The lowest BCUT2D eigenvalue weighted by Gasteiger charge is -2.20. The number of nitrogens with zero attached hydrogens (tertiary/aromatic N) is 4. The number of anilines is 1. The monoisotopic (exact) mass is 593 g/mol. The number of hydrogen-bond acceptors (Lipinski definition) is 10. The first-order valence-corrected chi connectivity index (χ1v) is 14.9. The molecule has 0 aliphatic heterocycles. The Morgan fingerprint density at radius 2 is 1.52 bits per heavy atom. The Bertz CT molecular complexity index is 1580. The Balaban J connectivity index is 1.82. The summed E-state index contributed by atoms with van der Waals surface area (Å²) in [7, 11) is -2.62. The van der Waals surface area contributed by atoms with Crippen LogP contribution in [-0.4, -0.2) is 55.3 Å². The quantitative estimate of drug-likeness (QED) is 0.194. The molecule has 4 aromatic rings. The summed E-state index contributed by atoms with van der Waals surface area (Å²) in [5.41, 5.74) is 0.851. The van der Waals surface area contributed by atoms with E-state index in [1.807, 2.05) is 6.92 Å². The fourth-order valence-electron chi connectivity index (χ4n) is 3.78. The minimum atomic E-state index is -4.13. The molecule has 1 N–H and O–H groups in total. The molecular formula is C30H35N5O6S. The first kappa shape index (κ1) is 30.7. The van der Waals surface area contributed by atoms with Crippen molar-refractivity contribution in [2.45, 2.75) is 44.4 Å². The van der Waals surface area contributed by atoms with Crippen molar-refractivity contribution in [2.24, 2.45) is 0 Å². The van der Waals surface area contributed by atoms with Crippen molar-refractivity contribution in [3.05, 3.63) is 72.6 Å². The predicted octanol–water partition coefficient (Wildman–Crippen LogP) is 5.64. The number of para-hydroxylation sites is 2. The fraction of sp³-hybridized carbons (Fsp3) is 0.333. The van der Waals surface area contributed by atoms with Crippen LogP contribution in [0, 0.1) is 0 Å². The van der Waals surface area contributed by atoms with Crippen LogP contribution in [-0.2, 0) is 20.2 Å². The number of ether oxygens (including phenoxy) is 4. The lowest BCUT2D eigenvalue weighted by molar-refractivity contribution is 0.0980. The molecule has 0 aliphatic rings. The van der Waals surface area contributed by atoms with Gasteiger partial charge in [-0.3, -0.25) is 4.72 Å². The first-order valence-electron chi connectivity index (χ1n) is 13.5. The Hall–Kier alpha value is -4.29. The Labute approximate surface area is 246 Å². The summed E-state index contributed by atoms with van der Waals surface area (Å²) in [5.74, 6) is 0.661. The third-order valence-electron chi connectivity index (χ3n) is 5.96. The Morgan fingerprint density at radius 3 is 2.17 bits per heavy atom. The van der Waals surface area contributed by atoms with E-state index in [-0.39, 0.29) is 52.6 Å². The van der Waals surface area contributed by atoms with E-state index in [2.05, 4.69) is 45.4 Å². The number of nitrogens with one attached hydrogen (secondary N) is 1. The molecule has 11 nitrogen and oxygen atoms in total. The molecule has 2 aromatic heterocycles. The van der Waals surface area contributed by atoms with Crippen molar-refractivity contribution in [1.82, 2.24) is 19.9 Å². The number of benzene rings is 2. The average Bonchev–Trinajstić information content (AvgIpc) is 2.98. The second-order valence-electron chi connectivity index (χ2n) is 10.2. The number of rotatable bonds is 13. The second-order valence-corrected chi connectivity index (χ2v) is 11.9. The molecule has 0 amide bonds. The second kappa shape index (κ2) is 13.6. The van der Waals surface area contributed by atoms with Crippen LogP contribution >= 0.6 is 0 Å². The summed E-state index contributed by atoms with van der Waals surface area (Å²) in [6.45, 7) is 9.14. The maximum absolute atomic E-state index is 13.6. The van der Waals surface area contributed by atoms with Gasteiger partial charge in [0.05, 0.1) is 18.6 Å². The standard InChI is InChI=1S/C30H35N5O6S/c1-6-18-39-19-20-40-29-25(41-24-11-8-7-10-23(24)38-5)26(33-28(34-29)27-31-16-9-17-32-27)35-42(36,37)22-14-12-21(13-15-22)30(2,3)4/h7-17H,6,18-20H2,1-5H3,(H,33,34,35). The average molecular weight is 594 g/mol. The van der Waals surface area contributed by atoms with Crippen molar-refractivity contribution in [3.8, 4) is 34.8 Å². The molecule has 0 saturated heterocycles. The zero-order chi connectivity index (χ0) is 30.2. The third-order valence-corrected chi connectivity index (χ3v) is 7.31. The molecular weight excluding hydrogens is 558 g/mol. The molecule has 0 radical (unpaired) electrons. The first-order chi connectivity index (χ1) is 20.1. The van der Waals surface area contributed by atoms with Gasteiger partial charge in [-0.2, -0.15) is 4.98 Å². The SMILES string of the molecule is CCCOCCOc1nc(-c2ncccn2)nc(NS(=O)(=O)c2ccc(C(C)(C)C)cc2)c1Oc1ccccc1OC. The van der Waals surface area contributed by atoms with Gasteiger partial charge < -0.3 is 18.9 Å². The smallest absolute Gasteiger partial charge is 0.263 e. The van der Waals surface area contributed by atoms with Gasteiger partial charge in [0.1, 0.15) is 6.61 Å². The van der Waals surface area contributed by atoms with E-state index in [9.17, 15) is 8.42 Å².